The number of hydrogen-bond donors (Lipinski definition) is 0. The van der Waals surface area contributed by atoms with Gasteiger partial charge in [0.25, 0.3) is 5.91 Å². The third-order valence-corrected chi connectivity index (χ3v) is 3.67. The molecular weight excluding hydrogens is 292 g/mol. The van der Waals surface area contributed by atoms with Gasteiger partial charge in [-0.05, 0) is 25.1 Å². The molecule has 3 aromatic rings. The summed E-state index contributed by atoms with van der Waals surface area (Å²) < 4.78 is 10.9. The number of hydrogen-bond acceptors (Lipinski definition) is 4. The number of ether oxygens (including phenoxy) is 1. The molecule has 118 valence electrons. The van der Waals surface area contributed by atoms with E-state index >= 15 is 0 Å². The number of aryl methyl sites for hydroxylation is 1. The van der Waals surface area contributed by atoms with E-state index in [9.17, 15) is 4.79 Å². The molecule has 0 aliphatic heterocycles. The number of furan rings is 1. The zero-order valence-electron chi connectivity index (χ0n) is 13.4. The Labute approximate surface area is 134 Å². The lowest BCUT2D eigenvalue weighted by molar-refractivity contribution is 0.0755. The first kappa shape index (κ1) is 15.1. The minimum atomic E-state index is -0.188. The van der Waals surface area contributed by atoms with E-state index in [0.29, 0.717) is 17.6 Å². The fraction of sp³-hybridized carbons (Fsp3) is 0.222. The van der Waals surface area contributed by atoms with Gasteiger partial charge in [0, 0.05) is 30.9 Å². The molecular formula is C18H18N2O3. The minimum Gasteiger partial charge on any atom is -0.496 e. The standard InChI is InChI=1S/C18H18N2O3/c1-12-8-9-16-14(19-12)10-17(23-16)18(21)20(2)11-13-6-4-5-7-15(13)22-3/h4-10H,11H2,1-3H3. The molecule has 0 unspecified atom stereocenters. The Kier molecular flexibility index (Phi) is 4.02. The van der Waals surface area contributed by atoms with Crippen LogP contribution in [-0.4, -0.2) is 29.9 Å². The van der Waals surface area contributed by atoms with Crippen molar-refractivity contribution in [3.05, 3.63) is 59.5 Å². The smallest absolute Gasteiger partial charge is 0.289 e. The zero-order valence-corrected chi connectivity index (χ0v) is 13.4. The Balaban J connectivity index is 1.83. The van der Waals surface area contributed by atoms with Crippen LogP contribution in [-0.2, 0) is 6.54 Å². The number of carbonyl (C=O) groups excluding carboxylic acids is 1. The van der Waals surface area contributed by atoms with Crippen molar-refractivity contribution in [3.63, 3.8) is 0 Å². The van der Waals surface area contributed by atoms with E-state index in [-0.39, 0.29) is 11.7 Å². The van der Waals surface area contributed by atoms with Crippen molar-refractivity contribution >= 4 is 17.0 Å². The predicted molar refractivity (Wildman–Crippen MR) is 87.5 cm³/mol. The average molecular weight is 310 g/mol. The Morgan fingerprint density at radius 2 is 2.04 bits per heavy atom. The number of aromatic nitrogens is 1. The molecule has 0 spiro atoms. The maximum absolute atomic E-state index is 12.6. The number of rotatable bonds is 4. The summed E-state index contributed by atoms with van der Waals surface area (Å²) in [6, 6.07) is 13.0. The molecule has 3 rings (SSSR count). The number of nitrogens with zero attached hydrogens (tertiary/aromatic N) is 2. The third kappa shape index (κ3) is 3.04. The summed E-state index contributed by atoms with van der Waals surface area (Å²) in [6.45, 7) is 2.34. The average Bonchev–Trinajstić information content (AvgIpc) is 2.97. The molecule has 0 saturated heterocycles. The number of benzene rings is 1. The predicted octanol–water partition coefficient (Wildman–Crippen LogP) is 3.42. The van der Waals surface area contributed by atoms with Gasteiger partial charge in [-0.1, -0.05) is 18.2 Å². The van der Waals surface area contributed by atoms with Crippen LogP contribution in [0.1, 0.15) is 21.8 Å². The van der Waals surface area contributed by atoms with E-state index in [1.165, 1.54) is 0 Å². The van der Waals surface area contributed by atoms with Gasteiger partial charge in [0.1, 0.15) is 11.3 Å². The molecule has 5 nitrogen and oxygen atoms in total. The molecule has 0 radical (unpaired) electrons. The van der Waals surface area contributed by atoms with Crippen molar-refractivity contribution < 1.29 is 13.9 Å². The van der Waals surface area contributed by atoms with Crippen LogP contribution in [0.4, 0.5) is 0 Å². The second-order valence-corrected chi connectivity index (χ2v) is 5.42. The van der Waals surface area contributed by atoms with E-state index < -0.39 is 0 Å². The van der Waals surface area contributed by atoms with Crippen LogP contribution in [0.3, 0.4) is 0 Å². The van der Waals surface area contributed by atoms with E-state index in [4.69, 9.17) is 9.15 Å². The quantitative estimate of drug-likeness (QED) is 0.741. The van der Waals surface area contributed by atoms with E-state index in [1.807, 2.05) is 43.3 Å². The summed E-state index contributed by atoms with van der Waals surface area (Å²) in [5.41, 5.74) is 3.14. The molecule has 0 atom stereocenters. The lowest BCUT2D eigenvalue weighted by Crippen LogP contribution is -2.26. The second kappa shape index (κ2) is 6.12. The lowest BCUT2D eigenvalue weighted by Gasteiger charge is -2.17. The molecule has 1 amide bonds. The topological polar surface area (TPSA) is 55.6 Å². The molecule has 5 heteroatoms. The highest BCUT2D eigenvalue weighted by atomic mass is 16.5. The normalized spacial score (nSPS) is 10.7. The van der Waals surface area contributed by atoms with Gasteiger partial charge in [-0.25, -0.2) is 4.98 Å². The van der Waals surface area contributed by atoms with E-state index in [1.54, 1.807) is 25.1 Å². The van der Waals surface area contributed by atoms with Crippen LogP contribution in [0.15, 0.2) is 46.9 Å². The highest BCUT2D eigenvalue weighted by Crippen LogP contribution is 2.22. The molecule has 1 aromatic carbocycles. The van der Waals surface area contributed by atoms with Gasteiger partial charge in [-0.3, -0.25) is 4.79 Å². The highest BCUT2D eigenvalue weighted by molar-refractivity contribution is 5.95. The second-order valence-electron chi connectivity index (χ2n) is 5.42. The fourth-order valence-corrected chi connectivity index (χ4v) is 2.48. The molecule has 0 fully saturated rings. The maximum atomic E-state index is 12.6. The molecule has 2 aromatic heterocycles. The number of pyridine rings is 1. The van der Waals surface area contributed by atoms with Crippen molar-refractivity contribution in [3.8, 4) is 5.75 Å². The van der Waals surface area contributed by atoms with Gasteiger partial charge in [0.05, 0.1) is 7.11 Å². The van der Waals surface area contributed by atoms with Crippen molar-refractivity contribution in [2.45, 2.75) is 13.5 Å². The Morgan fingerprint density at radius 3 is 2.83 bits per heavy atom. The largest absolute Gasteiger partial charge is 0.496 e. The Bertz CT molecular complexity index is 854. The third-order valence-electron chi connectivity index (χ3n) is 3.67. The van der Waals surface area contributed by atoms with Crippen LogP contribution >= 0.6 is 0 Å². The summed E-state index contributed by atoms with van der Waals surface area (Å²) in [6.07, 6.45) is 0. The van der Waals surface area contributed by atoms with Gasteiger partial charge in [0.15, 0.2) is 11.3 Å². The summed E-state index contributed by atoms with van der Waals surface area (Å²) >= 11 is 0. The van der Waals surface area contributed by atoms with Crippen LogP contribution in [0, 0.1) is 6.92 Å². The summed E-state index contributed by atoms with van der Waals surface area (Å²) in [7, 11) is 3.36. The number of methoxy groups -OCH3 is 1. The van der Waals surface area contributed by atoms with Crippen molar-refractivity contribution in [2.75, 3.05) is 14.2 Å². The van der Waals surface area contributed by atoms with E-state index in [2.05, 4.69) is 4.98 Å². The van der Waals surface area contributed by atoms with Crippen molar-refractivity contribution in [1.29, 1.82) is 0 Å². The molecule has 0 saturated carbocycles. The number of para-hydroxylation sites is 1. The fourth-order valence-electron chi connectivity index (χ4n) is 2.48. The summed E-state index contributed by atoms with van der Waals surface area (Å²) in [5.74, 6) is 0.858. The first-order chi connectivity index (χ1) is 11.1. The van der Waals surface area contributed by atoms with Crippen LogP contribution in [0.2, 0.25) is 0 Å². The lowest BCUT2D eigenvalue weighted by atomic mass is 10.2. The molecule has 0 aliphatic carbocycles. The number of amides is 1. The van der Waals surface area contributed by atoms with Gasteiger partial charge in [0.2, 0.25) is 0 Å². The Hall–Kier alpha value is -2.82. The Morgan fingerprint density at radius 1 is 1.26 bits per heavy atom. The molecule has 0 bridgehead atoms. The van der Waals surface area contributed by atoms with E-state index in [0.717, 1.165) is 17.0 Å². The molecule has 23 heavy (non-hydrogen) atoms. The first-order valence-electron chi connectivity index (χ1n) is 7.33. The van der Waals surface area contributed by atoms with Gasteiger partial charge in [-0.15, -0.1) is 0 Å². The molecule has 0 N–H and O–H groups in total. The SMILES string of the molecule is COc1ccccc1CN(C)C(=O)c1cc2nc(C)ccc2o1. The van der Waals surface area contributed by atoms with Crippen molar-refractivity contribution in [2.24, 2.45) is 0 Å². The highest BCUT2D eigenvalue weighted by Gasteiger charge is 2.18. The van der Waals surface area contributed by atoms with Gasteiger partial charge in [-0.2, -0.15) is 0 Å². The van der Waals surface area contributed by atoms with Crippen LogP contribution < -0.4 is 4.74 Å². The summed E-state index contributed by atoms with van der Waals surface area (Å²) in [4.78, 5) is 18.5. The van der Waals surface area contributed by atoms with Crippen LogP contribution in [0.5, 0.6) is 5.75 Å². The number of fused-ring (bicyclic) bond motifs is 1. The maximum Gasteiger partial charge on any atom is 0.289 e. The first-order valence-corrected chi connectivity index (χ1v) is 7.33. The summed E-state index contributed by atoms with van der Waals surface area (Å²) in [5, 5.41) is 0. The van der Waals surface area contributed by atoms with Gasteiger partial charge >= 0.3 is 0 Å². The minimum absolute atomic E-state index is 0.188. The molecule has 2 heterocycles. The van der Waals surface area contributed by atoms with Gasteiger partial charge < -0.3 is 14.1 Å². The van der Waals surface area contributed by atoms with Crippen molar-refractivity contribution in [1.82, 2.24) is 9.88 Å². The van der Waals surface area contributed by atoms with Crippen LogP contribution in [0.25, 0.3) is 11.1 Å². The molecule has 0 aliphatic rings. The monoisotopic (exact) mass is 310 g/mol. The number of carbonyl (C=O) groups is 1. The zero-order chi connectivity index (χ0) is 16.4.